The predicted molar refractivity (Wildman–Crippen MR) is 107 cm³/mol. The lowest BCUT2D eigenvalue weighted by molar-refractivity contribution is 0.556. The van der Waals surface area contributed by atoms with E-state index in [1.165, 1.54) is 87.3 Å². The number of hydrogen-bond donors (Lipinski definition) is 1. The van der Waals surface area contributed by atoms with Gasteiger partial charge in [0.1, 0.15) is 0 Å². The number of hydrogen-bond acceptors (Lipinski definition) is 1. The number of halogens is 1. The normalized spacial score (nSPS) is 10.6. The predicted octanol–water partition coefficient (Wildman–Crippen LogP) is 6.38. The lowest BCUT2D eigenvalue weighted by atomic mass is 9.98. The van der Waals surface area contributed by atoms with Crippen molar-refractivity contribution in [2.24, 2.45) is 5.73 Å². The van der Waals surface area contributed by atoms with Gasteiger partial charge in [-0.15, -0.1) is 12.4 Å². The SMILES string of the molecule is CCCCCCCCCCCCc1ccc(C)c(CCN)c1.Cl. The minimum atomic E-state index is 0. The van der Waals surface area contributed by atoms with Gasteiger partial charge in [0.2, 0.25) is 0 Å². The first kappa shape index (κ1) is 22.5. The lowest BCUT2D eigenvalue weighted by Gasteiger charge is -2.08. The zero-order chi connectivity index (χ0) is 16.0. The Morgan fingerprint density at radius 3 is 1.91 bits per heavy atom. The molecule has 134 valence electrons. The quantitative estimate of drug-likeness (QED) is 0.414. The maximum absolute atomic E-state index is 5.69. The standard InChI is InChI=1S/C21H37N.ClH/c1-3-4-5-6-7-8-9-10-11-12-13-20-15-14-19(2)21(18-20)16-17-22;/h14-15,18H,3-13,16-17,22H2,1-2H3;1H. The van der Waals surface area contributed by atoms with E-state index in [1.54, 1.807) is 0 Å². The van der Waals surface area contributed by atoms with Gasteiger partial charge >= 0.3 is 0 Å². The molecule has 0 bridgehead atoms. The second-order valence-corrected chi connectivity index (χ2v) is 6.73. The van der Waals surface area contributed by atoms with Crippen LogP contribution in [0.2, 0.25) is 0 Å². The maximum Gasteiger partial charge on any atom is -0.00366 e. The van der Waals surface area contributed by atoms with Crippen LogP contribution in [0.15, 0.2) is 18.2 Å². The van der Waals surface area contributed by atoms with Crippen LogP contribution < -0.4 is 5.73 Å². The summed E-state index contributed by atoms with van der Waals surface area (Å²) in [6.07, 6.45) is 16.3. The first-order valence-corrected chi connectivity index (χ1v) is 9.56. The van der Waals surface area contributed by atoms with E-state index in [2.05, 4.69) is 32.0 Å². The molecule has 0 aromatic heterocycles. The third-order valence-electron chi connectivity index (χ3n) is 4.65. The van der Waals surface area contributed by atoms with Crippen molar-refractivity contribution in [3.63, 3.8) is 0 Å². The molecule has 0 unspecified atom stereocenters. The van der Waals surface area contributed by atoms with E-state index >= 15 is 0 Å². The summed E-state index contributed by atoms with van der Waals surface area (Å²) in [5, 5.41) is 0. The van der Waals surface area contributed by atoms with Crippen LogP contribution in [0.25, 0.3) is 0 Å². The monoisotopic (exact) mass is 339 g/mol. The van der Waals surface area contributed by atoms with Crippen LogP contribution in [0.1, 0.15) is 87.8 Å². The van der Waals surface area contributed by atoms with Crippen molar-refractivity contribution >= 4 is 12.4 Å². The van der Waals surface area contributed by atoms with Crippen LogP contribution in [0, 0.1) is 6.92 Å². The summed E-state index contributed by atoms with van der Waals surface area (Å²) in [6.45, 7) is 5.23. The molecule has 0 aliphatic rings. The molecule has 23 heavy (non-hydrogen) atoms. The van der Waals surface area contributed by atoms with Gasteiger partial charge in [-0.25, -0.2) is 0 Å². The average molecular weight is 340 g/mol. The van der Waals surface area contributed by atoms with E-state index in [0.29, 0.717) is 0 Å². The Balaban J connectivity index is 0.00000484. The zero-order valence-corrected chi connectivity index (χ0v) is 16.2. The van der Waals surface area contributed by atoms with Crippen LogP contribution in [0.5, 0.6) is 0 Å². The minimum absolute atomic E-state index is 0. The van der Waals surface area contributed by atoms with Crippen LogP contribution >= 0.6 is 12.4 Å². The van der Waals surface area contributed by atoms with Gasteiger partial charge in [0.25, 0.3) is 0 Å². The van der Waals surface area contributed by atoms with Gasteiger partial charge in [0.05, 0.1) is 0 Å². The summed E-state index contributed by atoms with van der Waals surface area (Å²) >= 11 is 0. The largest absolute Gasteiger partial charge is 0.330 e. The topological polar surface area (TPSA) is 26.0 Å². The second kappa shape index (κ2) is 15.0. The second-order valence-electron chi connectivity index (χ2n) is 6.73. The number of unbranched alkanes of at least 4 members (excludes halogenated alkanes) is 9. The Hall–Kier alpha value is -0.530. The number of aryl methyl sites for hydroxylation is 2. The highest BCUT2D eigenvalue weighted by molar-refractivity contribution is 5.85. The molecule has 2 N–H and O–H groups in total. The Morgan fingerprint density at radius 2 is 1.35 bits per heavy atom. The van der Waals surface area contributed by atoms with Crippen LogP contribution in [0.4, 0.5) is 0 Å². The average Bonchev–Trinajstić information content (AvgIpc) is 2.52. The zero-order valence-electron chi connectivity index (χ0n) is 15.4. The molecule has 1 nitrogen and oxygen atoms in total. The first-order valence-electron chi connectivity index (χ1n) is 9.56. The number of nitrogens with two attached hydrogens (primary N) is 1. The van der Waals surface area contributed by atoms with Crippen molar-refractivity contribution in [1.82, 2.24) is 0 Å². The van der Waals surface area contributed by atoms with Gasteiger partial charge in [-0.3, -0.25) is 0 Å². The van der Waals surface area contributed by atoms with Gasteiger partial charge < -0.3 is 5.73 Å². The van der Waals surface area contributed by atoms with Crippen LogP contribution in [-0.4, -0.2) is 6.54 Å². The highest BCUT2D eigenvalue weighted by atomic mass is 35.5. The summed E-state index contributed by atoms with van der Waals surface area (Å²) in [5.74, 6) is 0. The summed E-state index contributed by atoms with van der Waals surface area (Å²) in [4.78, 5) is 0. The highest BCUT2D eigenvalue weighted by Crippen LogP contribution is 2.15. The molecule has 0 heterocycles. The Labute approximate surface area is 150 Å². The van der Waals surface area contributed by atoms with E-state index < -0.39 is 0 Å². The molecule has 0 spiro atoms. The minimum Gasteiger partial charge on any atom is -0.330 e. The fraction of sp³-hybridized carbons (Fsp3) is 0.714. The van der Waals surface area contributed by atoms with Crippen molar-refractivity contribution < 1.29 is 0 Å². The highest BCUT2D eigenvalue weighted by Gasteiger charge is 2.00. The molecule has 0 amide bonds. The van der Waals surface area contributed by atoms with Crippen LogP contribution in [0.3, 0.4) is 0 Å². The molecule has 0 saturated heterocycles. The Morgan fingerprint density at radius 1 is 0.783 bits per heavy atom. The van der Waals surface area contributed by atoms with Gasteiger partial charge in [0.15, 0.2) is 0 Å². The molecule has 0 aliphatic carbocycles. The van der Waals surface area contributed by atoms with Gasteiger partial charge in [-0.1, -0.05) is 82.9 Å². The lowest BCUT2D eigenvalue weighted by Crippen LogP contribution is -2.04. The Bertz CT molecular complexity index is 389. The van der Waals surface area contributed by atoms with E-state index in [9.17, 15) is 0 Å². The molecule has 2 heteroatoms. The summed E-state index contributed by atoms with van der Waals surface area (Å²) in [7, 11) is 0. The van der Waals surface area contributed by atoms with Crippen molar-refractivity contribution in [1.29, 1.82) is 0 Å². The third-order valence-corrected chi connectivity index (χ3v) is 4.65. The molecular weight excluding hydrogens is 302 g/mol. The van der Waals surface area contributed by atoms with E-state index in [-0.39, 0.29) is 12.4 Å². The molecule has 0 aliphatic heterocycles. The molecular formula is C21H38ClN. The molecule has 0 fully saturated rings. The van der Waals surface area contributed by atoms with E-state index in [4.69, 9.17) is 5.73 Å². The van der Waals surface area contributed by atoms with E-state index in [1.807, 2.05) is 0 Å². The number of benzene rings is 1. The fourth-order valence-corrected chi connectivity index (χ4v) is 3.12. The molecule has 0 radical (unpaired) electrons. The molecule has 0 atom stereocenters. The van der Waals surface area contributed by atoms with Crippen molar-refractivity contribution in [2.45, 2.75) is 90.9 Å². The summed E-state index contributed by atoms with van der Waals surface area (Å²) < 4.78 is 0. The third kappa shape index (κ3) is 10.8. The van der Waals surface area contributed by atoms with Crippen molar-refractivity contribution in [3.8, 4) is 0 Å². The molecule has 1 aromatic rings. The molecule has 1 rings (SSSR count). The van der Waals surface area contributed by atoms with Crippen LogP contribution in [-0.2, 0) is 12.8 Å². The maximum atomic E-state index is 5.69. The summed E-state index contributed by atoms with van der Waals surface area (Å²) in [6, 6.07) is 6.93. The molecule has 0 saturated carbocycles. The summed E-state index contributed by atoms with van der Waals surface area (Å²) in [5.41, 5.74) is 10.0. The van der Waals surface area contributed by atoms with Crippen molar-refractivity contribution in [2.75, 3.05) is 6.54 Å². The van der Waals surface area contributed by atoms with E-state index in [0.717, 1.165) is 13.0 Å². The number of rotatable bonds is 13. The van der Waals surface area contributed by atoms with Gasteiger partial charge in [0, 0.05) is 0 Å². The fourth-order valence-electron chi connectivity index (χ4n) is 3.12. The van der Waals surface area contributed by atoms with Gasteiger partial charge in [-0.2, -0.15) is 0 Å². The first-order chi connectivity index (χ1) is 10.8. The Kier molecular flexibility index (Phi) is 14.7. The smallest absolute Gasteiger partial charge is 0.00366 e. The molecule has 1 aromatic carbocycles. The van der Waals surface area contributed by atoms with Gasteiger partial charge in [-0.05, 0) is 49.4 Å². The van der Waals surface area contributed by atoms with Crippen molar-refractivity contribution in [3.05, 3.63) is 34.9 Å².